The number of hydrogen-bond donors (Lipinski definition) is 2. The van der Waals surface area contributed by atoms with E-state index in [4.69, 9.17) is 9.47 Å². The number of H-pyrrole nitrogens is 1. The molecule has 10 nitrogen and oxygen atoms in total. The summed E-state index contributed by atoms with van der Waals surface area (Å²) in [4.78, 5) is 8.73. The Bertz CT molecular complexity index is 878. The molecule has 4 rings (SSSR count). The van der Waals surface area contributed by atoms with Crippen LogP contribution in [0.5, 0.6) is 5.88 Å². The molecule has 138 valence electrons. The van der Waals surface area contributed by atoms with Gasteiger partial charge in [0.15, 0.2) is 17.3 Å². The Hall–Kier alpha value is -2.86. The van der Waals surface area contributed by atoms with Gasteiger partial charge in [0.1, 0.15) is 11.6 Å². The van der Waals surface area contributed by atoms with Crippen molar-refractivity contribution in [1.29, 1.82) is 0 Å². The van der Waals surface area contributed by atoms with Crippen molar-refractivity contribution in [2.45, 2.75) is 19.3 Å². The minimum Gasteiger partial charge on any atom is -0.417 e. The molecule has 0 unspecified atom stereocenters. The van der Waals surface area contributed by atoms with Crippen molar-refractivity contribution in [2.24, 2.45) is 0 Å². The molecule has 0 radical (unpaired) electrons. The third-order valence-electron chi connectivity index (χ3n) is 3.63. The normalized spacial score (nSPS) is 17.7. The summed E-state index contributed by atoms with van der Waals surface area (Å²) in [6.45, 7) is -0.821. The molecule has 0 spiro atoms. The standard InChI is InChI=1S/C14H15F2N7O3/c15-14(16)26-12-3-10(21-22-12)19-11-5-17-9-4-18-23(13(9)20-11)6-8-7-24-1-2-25-8/h3-5,8,14H,1-2,6-7H2,(H2,19,20,21,22)/t8-/m1/s1. The fourth-order valence-electron chi connectivity index (χ4n) is 2.53. The van der Waals surface area contributed by atoms with Crippen LogP contribution in [-0.2, 0) is 16.0 Å². The molecule has 0 aromatic carbocycles. The highest BCUT2D eigenvalue weighted by molar-refractivity contribution is 5.71. The first-order valence-electron chi connectivity index (χ1n) is 7.82. The first-order chi connectivity index (χ1) is 12.7. The van der Waals surface area contributed by atoms with Gasteiger partial charge < -0.3 is 19.5 Å². The quantitative estimate of drug-likeness (QED) is 0.671. The second-order valence-electron chi connectivity index (χ2n) is 5.48. The van der Waals surface area contributed by atoms with E-state index in [2.05, 4.69) is 35.3 Å². The largest absolute Gasteiger partial charge is 0.417 e. The summed E-state index contributed by atoms with van der Waals surface area (Å²) in [7, 11) is 0. The molecule has 2 N–H and O–H groups in total. The van der Waals surface area contributed by atoms with E-state index in [0.29, 0.717) is 43.3 Å². The van der Waals surface area contributed by atoms with E-state index in [1.54, 1.807) is 10.9 Å². The highest BCUT2D eigenvalue weighted by Crippen LogP contribution is 2.20. The van der Waals surface area contributed by atoms with E-state index < -0.39 is 6.61 Å². The zero-order chi connectivity index (χ0) is 17.9. The number of rotatable bonds is 6. The van der Waals surface area contributed by atoms with E-state index in [0.717, 1.165) is 0 Å². The van der Waals surface area contributed by atoms with E-state index in [9.17, 15) is 8.78 Å². The van der Waals surface area contributed by atoms with Gasteiger partial charge in [0.05, 0.1) is 38.8 Å². The van der Waals surface area contributed by atoms with Gasteiger partial charge in [-0.25, -0.2) is 19.7 Å². The Morgan fingerprint density at radius 3 is 3.08 bits per heavy atom. The number of nitrogens with zero attached hydrogens (tertiary/aromatic N) is 5. The molecule has 1 atom stereocenters. The van der Waals surface area contributed by atoms with Gasteiger partial charge in [0.25, 0.3) is 0 Å². The summed E-state index contributed by atoms with van der Waals surface area (Å²) < 4.78 is 41.3. The van der Waals surface area contributed by atoms with Crippen molar-refractivity contribution in [3.63, 3.8) is 0 Å². The van der Waals surface area contributed by atoms with Crippen LogP contribution in [0, 0.1) is 0 Å². The fourth-order valence-corrected chi connectivity index (χ4v) is 2.53. The molecular formula is C14H15F2N7O3. The number of aromatic nitrogens is 6. The first-order valence-corrected chi connectivity index (χ1v) is 7.82. The van der Waals surface area contributed by atoms with Crippen LogP contribution >= 0.6 is 0 Å². The monoisotopic (exact) mass is 367 g/mol. The molecule has 0 bridgehead atoms. The molecule has 1 fully saturated rings. The SMILES string of the molecule is FC(F)Oc1cc(Nc2cnc3cnn(C[C@@H]4COCCO4)c3n2)n[nH]1. The summed E-state index contributed by atoms with van der Waals surface area (Å²) in [6, 6.07) is 1.29. The minimum absolute atomic E-state index is 0.106. The Morgan fingerprint density at radius 2 is 2.27 bits per heavy atom. The van der Waals surface area contributed by atoms with Gasteiger partial charge in [-0.2, -0.15) is 19.0 Å². The lowest BCUT2D eigenvalue weighted by Crippen LogP contribution is -2.32. The number of fused-ring (bicyclic) bond motifs is 1. The molecule has 1 saturated heterocycles. The number of anilines is 2. The van der Waals surface area contributed by atoms with Gasteiger partial charge in [-0.05, 0) is 0 Å². The van der Waals surface area contributed by atoms with E-state index in [-0.39, 0.29) is 17.8 Å². The summed E-state index contributed by atoms with van der Waals surface area (Å²) in [5.74, 6) is 0.496. The number of ether oxygens (including phenoxy) is 3. The van der Waals surface area contributed by atoms with Gasteiger partial charge in [0.2, 0.25) is 5.88 Å². The zero-order valence-electron chi connectivity index (χ0n) is 13.4. The van der Waals surface area contributed by atoms with Crippen LogP contribution in [0.2, 0.25) is 0 Å². The molecule has 0 saturated carbocycles. The summed E-state index contributed by atoms with van der Waals surface area (Å²) in [6.07, 6.45) is 3.00. The van der Waals surface area contributed by atoms with Crippen LogP contribution < -0.4 is 10.1 Å². The van der Waals surface area contributed by atoms with E-state index >= 15 is 0 Å². The van der Waals surface area contributed by atoms with Crippen molar-refractivity contribution in [2.75, 3.05) is 25.1 Å². The molecule has 12 heteroatoms. The Balaban J connectivity index is 1.51. The molecule has 26 heavy (non-hydrogen) atoms. The first kappa shape index (κ1) is 16.6. The molecule has 0 aliphatic carbocycles. The molecule has 3 aromatic heterocycles. The number of nitrogens with one attached hydrogen (secondary N) is 2. The molecule has 3 aromatic rings. The number of halogens is 2. The smallest absolute Gasteiger partial charge is 0.388 e. The van der Waals surface area contributed by atoms with Crippen LogP contribution in [0.25, 0.3) is 11.2 Å². The highest BCUT2D eigenvalue weighted by atomic mass is 19.3. The Labute approximate surface area is 145 Å². The average molecular weight is 367 g/mol. The molecule has 1 aliphatic rings. The maximum absolute atomic E-state index is 12.2. The summed E-state index contributed by atoms with van der Waals surface area (Å²) >= 11 is 0. The summed E-state index contributed by atoms with van der Waals surface area (Å²) in [5, 5.41) is 13.3. The topological polar surface area (TPSA) is 112 Å². The lowest BCUT2D eigenvalue weighted by atomic mass is 10.3. The summed E-state index contributed by atoms with van der Waals surface area (Å²) in [5.41, 5.74) is 1.18. The zero-order valence-corrected chi connectivity index (χ0v) is 13.4. The van der Waals surface area contributed by atoms with Crippen LogP contribution in [0.4, 0.5) is 20.4 Å². The third kappa shape index (κ3) is 3.70. The van der Waals surface area contributed by atoms with Gasteiger partial charge in [0, 0.05) is 6.07 Å². The van der Waals surface area contributed by atoms with Gasteiger partial charge >= 0.3 is 6.61 Å². The lowest BCUT2D eigenvalue weighted by Gasteiger charge is -2.22. The van der Waals surface area contributed by atoms with Gasteiger partial charge in [-0.1, -0.05) is 0 Å². The molecule has 4 heterocycles. The predicted molar refractivity (Wildman–Crippen MR) is 84.4 cm³/mol. The molecular weight excluding hydrogens is 352 g/mol. The van der Waals surface area contributed by atoms with Crippen molar-refractivity contribution >= 4 is 22.8 Å². The van der Waals surface area contributed by atoms with Gasteiger partial charge in [-0.3, -0.25) is 0 Å². The van der Waals surface area contributed by atoms with Crippen molar-refractivity contribution in [1.82, 2.24) is 29.9 Å². The third-order valence-corrected chi connectivity index (χ3v) is 3.63. The molecule has 0 amide bonds. The number of hydrogen-bond acceptors (Lipinski definition) is 8. The van der Waals surface area contributed by atoms with E-state index in [1.165, 1.54) is 12.3 Å². The van der Waals surface area contributed by atoms with Crippen LogP contribution in [0.1, 0.15) is 0 Å². The van der Waals surface area contributed by atoms with Gasteiger partial charge in [-0.15, -0.1) is 0 Å². The second-order valence-corrected chi connectivity index (χ2v) is 5.48. The second kappa shape index (κ2) is 7.17. The Morgan fingerprint density at radius 1 is 1.35 bits per heavy atom. The van der Waals surface area contributed by atoms with Crippen LogP contribution in [0.3, 0.4) is 0 Å². The maximum atomic E-state index is 12.2. The number of alkyl halides is 2. The fraction of sp³-hybridized carbons (Fsp3) is 0.429. The lowest BCUT2D eigenvalue weighted by molar-refractivity contribution is -0.0942. The minimum atomic E-state index is -2.93. The number of aromatic amines is 1. The average Bonchev–Trinajstić information content (AvgIpc) is 3.22. The Kier molecular flexibility index (Phi) is 4.58. The van der Waals surface area contributed by atoms with Crippen molar-refractivity contribution < 1.29 is 23.0 Å². The highest BCUT2D eigenvalue weighted by Gasteiger charge is 2.18. The van der Waals surface area contributed by atoms with E-state index in [1.807, 2.05) is 0 Å². The van der Waals surface area contributed by atoms with Crippen molar-refractivity contribution in [3.8, 4) is 5.88 Å². The predicted octanol–water partition coefficient (Wildman–Crippen LogP) is 1.31. The maximum Gasteiger partial charge on any atom is 0.388 e. The van der Waals surface area contributed by atoms with Crippen LogP contribution in [0.15, 0.2) is 18.5 Å². The molecule has 1 aliphatic heterocycles. The van der Waals surface area contributed by atoms with Crippen molar-refractivity contribution in [3.05, 3.63) is 18.5 Å². The van der Waals surface area contributed by atoms with Crippen LogP contribution in [-0.4, -0.2) is 62.5 Å².